The molecule has 10 nitrogen and oxygen atoms in total. The number of halogens is 1. The van der Waals surface area contributed by atoms with Crippen LogP contribution >= 0.6 is 11.6 Å². The van der Waals surface area contributed by atoms with Gasteiger partial charge in [0.25, 0.3) is 0 Å². The summed E-state index contributed by atoms with van der Waals surface area (Å²) in [7, 11) is 0. The predicted octanol–water partition coefficient (Wildman–Crippen LogP) is 1.64. The van der Waals surface area contributed by atoms with Crippen LogP contribution < -0.4 is 9.47 Å². The summed E-state index contributed by atoms with van der Waals surface area (Å²) in [5.41, 5.74) is 0.121. The van der Waals surface area contributed by atoms with Crippen LogP contribution in [-0.4, -0.2) is 41.8 Å². The maximum atomic E-state index is 11.9. The second kappa shape index (κ2) is 7.30. The highest BCUT2D eigenvalue weighted by Crippen LogP contribution is 2.42. The van der Waals surface area contributed by atoms with Gasteiger partial charge in [0, 0.05) is 9.85 Å². The molecule has 0 saturated carbocycles. The highest BCUT2D eigenvalue weighted by Gasteiger charge is 2.44. The molecule has 0 spiro atoms. The summed E-state index contributed by atoms with van der Waals surface area (Å²) in [6.07, 6.45) is 0. The van der Waals surface area contributed by atoms with Gasteiger partial charge >= 0.3 is 12.0 Å². The van der Waals surface area contributed by atoms with Crippen molar-refractivity contribution in [3.05, 3.63) is 42.9 Å². The lowest BCUT2D eigenvalue weighted by atomic mass is 9.91. The first-order valence-corrected chi connectivity index (χ1v) is 7.23. The molecule has 0 amide bonds. The van der Waals surface area contributed by atoms with E-state index in [-0.39, 0.29) is 35.5 Å². The second-order valence-electron chi connectivity index (χ2n) is 4.84. The minimum absolute atomic E-state index is 0.0827. The summed E-state index contributed by atoms with van der Waals surface area (Å²) >= 11 is 6.02. The highest BCUT2D eigenvalue weighted by atomic mass is 35.5. The van der Waals surface area contributed by atoms with Gasteiger partial charge in [-0.15, -0.1) is 0 Å². The molecule has 1 aliphatic rings. The number of hydrogen-bond acceptors (Lipinski definition) is 8. The van der Waals surface area contributed by atoms with Crippen molar-refractivity contribution in [3.8, 4) is 11.5 Å². The Bertz CT molecular complexity index is 680. The standard InChI is InChI=1S/C13H13ClN2O8/c1-2-22-13(17)11(16(20)21)8(5-15(18)19)7-3-9(14)12-10(4-7)23-6-24-12/h3-4,8,11H,2,5-6H2,1H3. The largest absolute Gasteiger partial charge is 0.461 e. The van der Waals surface area contributed by atoms with Crippen molar-refractivity contribution in [3.63, 3.8) is 0 Å². The van der Waals surface area contributed by atoms with Crippen molar-refractivity contribution < 1.29 is 28.9 Å². The maximum Gasteiger partial charge on any atom is 0.382 e. The molecule has 11 heteroatoms. The summed E-state index contributed by atoms with van der Waals surface area (Å²) < 4.78 is 15.0. The molecule has 24 heavy (non-hydrogen) atoms. The van der Waals surface area contributed by atoms with Crippen LogP contribution in [0.15, 0.2) is 12.1 Å². The topological polar surface area (TPSA) is 131 Å². The van der Waals surface area contributed by atoms with Gasteiger partial charge in [-0.2, -0.15) is 0 Å². The van der Waals surface area contributed by atoms with Crippen molar-refractivity contribution in [1.29, 1.82) is 0 Å². The van der Waals surface area contributed by atoms with E-state index in [9.17, 15) is 25.0 Å². The van der Waals surface area contributed by atoms with Crippen molar-refractivity contribution in [2.45, 2.75) is 18.9 Å². The molecule has 0 fully saturated rings. The number of nitrogens with zero attached hydrogens (tertiary/aromatic N) is 2. The van der Waals surface area contributed by atoms with Gasteiger partial charge in [-0.1, -0.05) is 11.6 Å². The normalized spacial score (nSPS) is 14.8. The summed E-state index contributed by atoms with van der Waals surface area (Å²) in [6, 6.07) is 0.698. The number of carbonyl (C=O) groups is 1. The Morgan fingerprint density at radius 2 is 2.08 bits per heavy atom. The average Bonchev–Trinajstić information content (AvgIpc) is 2.95. The van der Waals surface area contributed by atoms with Gasteiger partial charge in [-0.05, 0) is 24.6 Å². The lowest BCUT2D eigenvalue weighted by molar-refractivity contribution is -0.537. The molecular weight excluding hydrogens is 348 g/mol. The van der Waals surface area contributed by atoms with Gasteiger partial charge in [0.05, 0.1) is 11.6 Å². The Labute approximate surface area is 140 Å². The molecule has 1 aliphatic heterocycles. The Kier molecular flexibility index (Phi) is 5.39. The van der Waals surface area contributed by atoms with E-state index in [1.165, 1.54) is 19.1 Å². The van der Waals surface area contributed by atoms with Crippen molar-refractivity contribution >= 4 is 17.6 Å². The monoisotopic (exact) mass is 360 g/mol. The third-order valence-electron chi connectivity index (χ3n) is 3.36. The van der Waals surface area contributed by atoms with Gasteiger partial charge in [0.1, 0.15) is 5.92 Å². The number of ether oxygens (including phenoxy) is 3. The highest BCUT2D eigenvalue weighted by molar-refractivity contribution is 6.32. The third-order valence-corrected chi connectivity index (χ3v) is 3.64. The minimum atomic E-state index is -1.94. The Morgan fingerprint density at radius 3 is 2.67 bits per heavy atom. The van der Waals surface area contributed by atoms with E-state index < -0.39 is 34.3 Å². The molecule has 1 heterocycles. The Balaban J connectivity index is 2.47. The predicted molar refractivity (Wildman–Crippen MR) is 79.6 cm³/mol. The minimum Gasteiger partial charge on any atom is -0.461 e. The lowest BCUT2D eigenvalue weighted by Gasteiger charge is -2.17. The SMILES string of the molecule is CCOC(=O)C(C(C[N+](=O)[O-])c1cc(Cl)c2c(c1)OCO2)[N+](=O)[O-]. The zero-order valence-electron chi connectivity index (χ0n) is 12.5. The number of benzene rings is 1. The first-order chi connectivity index (χ1) is 11.3. The van der Waals surface area contributed by atoms with E-state index in [1.54, 1.807) is 0 Å². The molecule has 1 aromatic rings. The van der Waals surface area contributed by atoms with E-state index in [0.29, 0.717) is 0 Å². The molecule has 130 valence electrons. The molecule has 2 atom stereocenters. The summed E-state index contributed by atoms with van der Waals surface area (Å²) in [4.78, 5) is 32.6. The smallest absolute Gasteiger partial charge is 0.382 e. The molecule has 1 aromatic carbocycles. The molecule has 0 N–H and O–H groups in total. The fourth-order valence-corrected chi connectivity index (χ4v) is 2.65. The average molecular weight is 361 g/mol. The summed E-state index contributed by atoms with van der Waals surface area (Å²) in [5, 5.41) is 22.4. The summed E-state index contributed by atoms with van der Waals surface area (Å²) in [5.74, 6) is -2.07. The van der Waals surface area contributed by atoms with E-state index in [2.05, 4.69) is 4.74 Å². The van der Waals surface area contributed by atoms with Gasteiger partial charge in [0.15, 0.2) is 11.5 Å². The molecule has 0 bridgehead atoms. The van der Waals surface area contributed by atoms with Crippen LogP contribution in [0.4, 0.5) is 0 Å². The molecule has 0 aliphatic carbocycles. The molecular formula is C13H13ClN2O8. The first-order valence-electron chi connectivity index (χ1n) is 6.86. The van der Waals surface area contributed by atoms with Gasteiger partial charge < -0.3 is 14.2 Å². The molecule has 0 aromatic heterocycles. The fourth-order valence-electron chi connectivity index (χ4n) is 2.37. The van der Waals surface area contributed by atoms with Crippen molar-refractivity contribution in [1.82, 2.24) is 0 Å². The van der Waals surface area contributed by atoms with Crippen LogP contribution in [0, 0.1) is 20.2 Å². The van der Waals surface area contributed by atoms with E-state index >= 15 is 0 Å². The maximum absolute atomic E-state index is 11.9. The molecule has 2 unspecified atom stereocenters. The zero-order valence-corrected chi connectivity index (χ0v) is 13.2. The van der Waals surface area contributed by atoms with Gasteiger partial charge in [-0.3, -0.25) is 20.2 Å². The van der Waals surface area contributed by atoms with Crippen molar-refractivity contribution in [2.75, 3.05) is 19.9 Å². The van der Waals surface area contributed by atoms with Crippen LogP contribution in [0.5, 0.6) is 11.5 Å². The Hall–Kier alpha value is -2.62. The number of esters is 1. The number of rotatable bonds is 7. The molecule has 2 rings (SSSR count). The number of nitro groups is 2. The number of fused-ring (bicyclic) bond motifs is 1. The van der Waals surface area contributed by atoms with Crippen LogP contribution in [0.25, 0.3) is 0 Å². The first kappa shape index (κ1) is 17.7. The second-order valence-corrected chi connectivity index (χ2v) is 5.25. The number of hydrogen-bond donors (Lipinski definition) is 0. The van der Waals surface area contributed by atoms with Crippen LogP contribution in [0.3, 0.4) is 0 Å². The zero-order chi connectivity index (χ0) is 17.9. The van der Waals surface area contributed by atoms with E-state index in [1.807, 2.05) is 0 Å². The Morgan fingerprint density at radius 1 is 1.38 bits per heavy atom. The molecule has 0 radical (unpaired) electrons. The quantitative estimate of drug-likeness (QED) is 0.407. The van der Waals surface area contributed by atoms with Gasteiger partial charge in [0.2, 0.25) is 13.3 Å². The van der Waals surface area contributed by atoms with Crippen LogP contribution in [0.2, 0.25) is 5.02 Å². The van der Waals surface area contributed by atoms with Gasteiger partial charge in [-0.25, -0.2) is 4.79 Å². The van der Waals surface area contributed by atoms with Crippen LogP contribution in [-0.2, 0) is 9.53 Å². The summed E-state index contributed by atoms with van der Waals surface area (Å²) in [6.45, 7) is 0.459. The van der Waals surface area contributed by atoms with Crippen molar-refractivity contribution in [2.24, 2.45) is 0 Å². The lowest BCUT2D eigenvalue weighted by Crippen LogP contribution is -2.40. The number of carbonyl (C=O) groups excluding carboxylic acids is 1. The molecule has 0 saturated heterocycles. The van der Waals surface area contributed by atoms with E-state index in [0.717, 1.165) is 0 Å². The fraction of sp³-hybridized carbons (Fsp3) is 0.462. The third kappa shape index (κ3) is 3.65. The van der Waals surface area contributed by atoms with Crippen LogP contribution in [0.1, 0.15) is 18.4 Å². The van der Waals surface area contributed by atoms with E-state index in [4.69, 9.17) is 21.1 Å².